The largest absolute Gasteiger partial charge is 0.383 e. The summed E-state index contributed by atoms with van der Waals surface area (Å²) in [6, 6.07) is 2.91. The number of ether oxygens (including phenoxy) is 1. The molecule has 2 amide bonds. The Hall–Kier alpha value is -1.95. The number of hydrogen-bond acceptors (Lipinski definition) is 4. The van der Waals surface area contributed by atoms with E-state index in [0.29, 0.717) is 13.2 Å². The number of rotatable bonds is 5. The summed E-state index contributed by atoms with van der Waals surface area (Å²) in [5, 5.41) is 2.61. The molecule has 16 heavy (non-hydrogen) atoms. The first-order valence-electron chi connectivity index (χ1n) is 4.68. The first kappa shape index (κ1) is 12.1. The van der Waals surface area contributed by atoms with Crippen LogP contribution >= 0.6 is 0 Å². The summed E-state index contributed by atoms with van der Waals surface area (Å²) in [4.78, 5) is 26.0. The molecule has 1 aromatic rings. The second kappa shape index (κ2) is 5.82. The van der Waals surface area contributed by atoms with Crippen molar-refractivity contribution in [1.29, 1.82) is 0 Å². The van der Waals surface area contributed by atoms with E-state index in [1.54, 1.807) is 7.11 Å². The van der Waals surface area contributed by atoms with Crippen LogP contribution in [0.1, 0.15) is 20.8 Å². The van der Waals surface area contributed by atoms with E-state index in [1.807, 2.05) is 0 Å². The topological polar surface area (TPSA) is 94.3 Å². The highest BCUT2D eigenvalue weighted by atomic mass is 16.5. The Kier molecular flexibility index (Phi) is 4.41. The molecule has 86 valence electrons. The van der Waals surface area contributed by atoms with E-state index in [1.165, 1.54) is 18.3 Å². The number of carbonyl (C=O) groups excluding carboxylic acids is 2. The molecule has 1 aromatic heterocycles. The van der Waals surface area contributed by atoms with Crippen molar-refractivity contribution in [3.63, 3.8) is 0 Å². The maximum Gasteiger partial charge on any atom is 0.269 e. The summed E-state index contributed by atoms with van der Waals surface area (Å²) < 4.78 is 4.78. The van der Waals surface area contributed by atoms with Crippen LogP contribution in [0.2, 0.25) is 0 Å². The van der Waals surface area contributed by atoms with Crippen LogP contribution in [0.5, 0.6) is 0 Å². The molecule has 1 heterocycles. The minimum atomic E-state index is -0.571. The first-order valence-corrected chi connectivity index (χ1v) is 4.68. The van der Waals surface area contributed by atoms with Gasteiger partial charge in [0, 0.05) is 19.9 Å². The van der Waals surface area contributed by atoms with Gasteiger partial charge in [-0.1, -0.05) is 0 Å². The maximum atomic E-state index is 11.5. The van der Waals surface area contributed by atoms with Gasteiger partial charge in [-0.05, 0) is 12.1 Å². The lowest BCUT2D eigenvalue weighted by Crippen LogP contribution is -2.27. The smallest absolute Gasteiger partial charge is 0.269 e. The van der Waals surface area contributed by atoms with Gasteiger partial charge in [0.1, 0.15) is 5.69 Å². The van der Waals surface area contributed by atoms with E-state index >= 15 is 0 Å². The number of primary amides is 1. The van der Waals surface area contributed by atoms with Crippen molar-refractivity contribution in [2.45, 2.75) is 0 Å². The van der Waals surface area contributed by atoms with E-state index in [2.05, 4.69) is 10.3 Å². The number of nitrogens with zero attached hydrogens (tertiary/aromatic N) is 1. The SMILES string of the molecule is COCCNC(=O)c1ccc(C(N)=O)cn1. The van der Waals surface area contributed by atoms with E-state index < -0.39 is 5.91 Å². The Bertz CT molecular complexity index is 375. The van der Waals surface area contributed by atoms with Gasteiger partial charge in [0.05, 0.1) is 12.2 Å². The summed E-state index contributed by atoms with van der Waals surface area (Å²) in [5.41, 5.74) is 5.55. The number of hydrogen-bond donors (Lipinski definition) is 2. The van der Waals surface area contributed by atoms with Crippen LogP contribution in [-0.2, 0) is 4.74 Å². The lowest BCUT2D eigenvalue weighted by molar-refractivity contribution is 0.0930. The fourth-order valence-electron chi connectivity index (χ4n) is 1.03. The van der Waals surface area contributed by atoms with Crippen molar-refractivity contribution in [2.75, 3.05) is 20.3 Å². The van der Waals surface area contributed by atoms with Gasteiger partial charge in [-0.2, -0.15) is 0 Å². The van der Waals surface area contributed by atoms with Crippen LogP contribution in [0.15, 0.2) is 18.3 Å². The monoisotopic (exact) mass is 223 g/mol. The van der Waals surface area contributed by atoms with Gasteiger partial charge in [0.25, 0.3) is 5.91 Å². The lowest BCUT2D eigenvalue weighted by Gasteiger charge is -2.03. The molecular formula is C10H13N3O3. The molecule has 0 bridgehead atoms. The van der Waals surface area contributed by atoms with Crippen LogP contribution in [0.3, 0.4) is 0 Å². The first-order chi connectivity index (χ1) is 7.65. The Labute approximate surface area is 92.8 Å². The van der Waals surface area contributed by atoms with E-state index in [-0.39, 0.29) is 17.2 Å². The van der Waals surface area contributed by atoms with Crippen molar-refractivity contribution in [3.8, 4) is 0 Å². The molecule has 0 fully saturated rings. The highest BCUT2D eigenvalue weighted by Crippen LogP contribution is 1.99. The standard InChI is InChI=1S/C10H13N3O3/c1-16-5-4-12-10(15)8-3-2-7(6-13-8)9(11)14/h2-3,6H,4-5H2,1H3,(H2,11,14)(H,12,15). The summed E-state index contributed by atoms with van der Waals surface area (Å²) in [5.74, 6) is -0.882. The quantitative estimate of drug-likeness (QED) is 0.661. The van der Waals surface area contributed by atoms with Crippen LogP contribution < -0.4 is 11.1 Å². The number of nitrogens with two attached hydrogens (primary N) is 1. The Morgan fingerprint density at radius 1 is 1.50 bits per heavy atom. The fraction of sp³-hybridized carbons (Fsp3) is 0.300. The van der Waals surface area contributed by atoms with Gasteiger partial charge in [-0.3, -0.25) is 14.6 Å². The van der Waals surface area contributed by atoms with Crippen LogP contribution in [0.25, 0.3) is 0 Å². The highest BCUT2D eigenvalue weighted by molar-refractivity contribution is 5.95. The molecule has 6 heteroatoms. The molecule has 0 atom stereocenters. The third kappa shape index (κ3) is 3.32. The number of pyridine rings is 1. The van der Waals surface area contributed by atoms with Crippen molar-refractivity contribution in [3.05, 3.63) is 29.6 Å². The zero-order chi connectivity index (χ0) is 12.0. The zero-order valence-electron chi connectivity index (χ0n) is 8.90. The van der Waals surface area contributed by atoms with Crippen LogP contribution in [0.4, 0.5) is 0 Å². The Morgan fingerprint density at radius 2 is 2.25 bits per heavy atom. The summed E-state index contributed by atoms with van der Waals surface area (Å²) in [6.07, 6.45) is 1.27. The van der Waals surface area contributed by atoms with Gasteiger partial charge >= 0.3 is 0 Å². The van der Waals surface area contributed by atoms with E-state index in [9.17, 15) is 9.59 Å². The van der Waals surface area contributed by atoms with Crippen molar-refractivity contribution in [1.82, 2.24) is 10.3 Å². The van der Waals surface area contributed by atoms with Crippen LogP contribution in [0, 0.1) is 0 Å². The molecule has 0 aliphatic carbocycles. The minimum Gasteiger partial charge on any atom is -0.383 e. The molecule has 0 spiro atoms. The molecule has 0 aromatic carbocycles. The predicted molar refractivity (Wildman–Crippen MR) is 57.0 cm³/mol. The fourth-order valence-corrected chi connectivity index (χ4v) is 1.03. The summed E-state index contributed by atoms with van der Waals surface area (Å²) >= 11 is 0. The predicted octanol–water partition coefficient (Wildman–Crippen LogP) is -0.443. The van der Waals surface area contributed by atoms with Crippen LogP contribution in [-0.4, -0.2) is 37.1 Å². The molecule has 0 aliphatic rings. The van der Waals surface area contributed by atoms with Gasteiger partial charge in [-0.15, -0.1) is 0 Å². The molecule has 0 aliphatic heterocycles. The second-order valence-corrected chi connectivity index (χ2v) is 3.05. The number of nitrogens with one attached hydrogen (secondary N) is 1. The summed E-state index contributed by atoms with van der Waals surface area (Å²) in [7, 11) is 1.55. The number of carbonyl (C=O) groups is 2. The van der Waals surface area contributed by atoms with E-state index in [4.69, 9.17) is 10.5 Å². The molecule has 0 unspecified atom stereocenters. The molecule has 0 radical (unpaired) electrons. The number of amides is 2. The molecular weight excluding hydrogens is 210 g/mol. The molecule has 3 N–H and O–H groups in total. The third-order valence-electron chi connectivity index (χ3n) is 1.87. The molecule has 6 nitrogen and oxygen atoms in total. The summed E-state index contributed by atoms with van der Waals surface area (Å²) in [6.45, 7) is 0.847. The van der Waals surface area contributed by atoms with Crippen molar-refractivity contribution < 1.29 is 14.3 Å². The molecule has 0 saturated carbocycles. The zero-order valence-corrected chi connectivity index (χ0v) is 8.90. The maximum absolute atomic E-state index is 11.5. The van der Waals surface area contributed by atoms with Gasteiger partial charge in [0.2, 0.25) is 5.91 Å². The number of aromatic nitrogens is 1. The van der Waals surface area contributed by atoms with Gasteiger partial charge < -0.3 is 15.8 Å². The Morgan fingerprint density at radius 3 is 2.75 bits per heavy atom. The average Bonchev–Trinajstić information content (AvgIpc) is 2.29. The van der Waals surface area contributed by atoms with Gasteiger partial charge in [-0.25, -0.2) is 0 Å². The second-order valence-electron chi connectivity index (χ2n) is 3.05. The highest BCUT2D eigenvalue weighted by Gasteiger charge is 2.07. The molecule has 0 saturated heterocycles. The van der Waals surface area contributed by atoms with E-state index in [0.717, 1.165) is 0 Å². The average molecular weight is 223 g/mol. The van der Waals surface area contributed by atoms with Crippen molar-refractivity contribution in [2.24, 2.45) is 5.73 Å². The Balaban J connectivity index is 2.59. The lowest BCUT2D eigenvalue weighted by atomic mass is 10.2. The number of methoxy groups -OCH3 is 1. The normalized spacial score (nSPS) is 9.81. The van der Waals surface area contributed by atoms with Gasteiger partial charge in [0.15, 0.2) is 0 Å². The van der Waals surface area contributed by atoms with Crippen molar-refractivity contribution >= 4 is 11.8 Å². The molecule has 1 rings (SSSR count). The third-order valence-corrected chi connectivity index (χ3v) is 1.87. The minimum absolute atomic E-state index is 0.237.